The largest absolute Gasteiger partial charge is 0.489 e. The Morgan fingerprint density at radius 1 is 1.25 bits per heavy atom. The Morgan fingerprint density at radius 3 is 2.75 bits per heavy atom. The third-order valence-electron chi connectivity index (χ3n) is 3.65. The highest BCUT2D eigenvalue weighted by atomic mass is 35.5. The fourth-order valence-corrected chi connectivity index (χ4v) is 2.77. The summed E-state index contributed by atoms with van der Waals surface area (Å²) in [6.07, 6.45) is 6.51. The fraction of sp³-hybridized carbons (Fsp3) is 0.625. The van der Waals surface area contributed by atoms with Crippen molar-refractivity contribution in [2.45, 2.75) is 44.8 Å². The van der Waals surface area contributed by atoms with Crippen molar-refractivity contribution in [3.05, 3.63) is 28.8 Å². The molecule has 1 N–H and O–H groups in total. The van der Waals surface area contributed by atoms with E-state index in [0.29, 0.717) is 11.1 Å². The van der Waals surface area contributed by atoms with Gasteiger partial charge in [0.2, 0.25) is 0 Å². The van der Waals surface area contributed by atoms with Crippen molar-refractivity contribution in [2.75, 3.05) is 20.3 Å². The van der Waals surface area contributed by atoms with E-state index in [-0.39, 0.29) is 0 Å². The summed E-state index contributed by atoms with van der Waals surface area (Å²) in [6, 6.07) is 6.05. The number of ether oxygens (including phenoxy) is 2. The van der Waals surface area contributed by atoms with Gasteiger partial charge in [-0.2, -0.15) is 0 Å². The second-order valence-corrected chi connectivity index (χ2v) is 5.72. The summed E-state index contributed by atoms with van der Waals surface area (Å²) in [7, 11) is 1.70. The number of methoxy groups -OCH3 is 1. The lowest BCUT2D eigenvalue weighted by molar-refractivity contribution is 0.155. The average molecular weight is 298 g/mol. The number of hydrogen-bond donors (Lipinski definition) is 1. The van der Waals surface area contributed by atoms with Crippen LogP contribution in [0.15, 0.2) is 18.2 Å². The predicted molar refractivity (Wildman–Crippen MR) is 82.5 cm³/mol. The van der Waals surface area contributed by atoms with Gasteiger partial charge >= 0.3 is 0 Å². The first-order valence-electron chi connectivity index (χ1n) is 7.44. The lowest BCUT2D eigenvalue weighted by atomic mass is 9.98. The zero-order valence-electron chi connectivity index (χ0n) is 12.2. The van der Waals surface area contributed by atoms with Crippen LogP contribution in [-0.4, -0.2) is 26.4 Å². The first-order chi connectivity index (χ1) is 9.79. The summed E-state index contributed by atoms with van der Waals surface area (Å²) in [4.78, 5) is 0. The van der Waals surface area contributed by atoms with E-state index in [1.807, 2.05) is 12.1 Å². The van der Waals surface area contributed by atoms with E-state index in [1.54, 1.807) is 7.11 Å². The van der Waals surface area contributed by atoms with E-state index >= 15 is 0 Å². The summed E-state index contributed by atoms with van der Waals surface area (Å²) in [5.74, 6) is 0.819. The molecule has 0 radical (unpaired) electrons. The van der Waals surface area contributed by atoms with Crippen LogP contribution in [0.1, 0.15) is 37.7 Å². The highest BCUT2D eigenvalue weighted by molar-refractivity contribution is 6.32. The molecule has 3 nitrogen and oxygen atoms in total. The molecule has 1 aliphatic rings. The monoisotopic (exact) mass is 297 g/mol. The highest BCUT2D eigenvalue weighted by Gasteiger charge is 2.16. The molecule has 0 spiro atoms. The van der Waals surface area contributed by atoms with Crippen LogP contribution < -0.4 is 10.1 Å². The zero-order valence-corrected chi connectivity index (χ0v) is 12.9. The molecule has 2 rings (SSSR count). The zero-order chi connectivity index (χ0) is 14.2. The maximum absolute atomic E-state index is 6.31. The van der Waals surface area contributed by atoms with Crippen LogP contribution in [0.3, 0.4) is 0 Å². The van der Waals surface area contributed by atoms with Crippen LogP contribution in [0.4, 0.5) is 0 Å². The molecule has 0 atom stereocenters. The second-order valence-electron chi connectivity index (χ2n) is 5.31. The number of benzene rings is 1. The van der Waals surface area contributed by atoms with Crippen molar-refractivity contribution in [1.82, 2.24) is 5.32 Å². The molecule has 0 saturated heterocycles. The Bertz CT molecular complexity index is 405. The van der Waals surface area contributed by atoms with E-state index in [9.17, 15) is 0 Å². The van der Waals surface area contributed by atoms with Crippen molar-refractivity contribution in [3.8, 4) is 5.75 Å². The first kappa shape index (κ1) is 15.6. The lowest BCUT2D eigenvalue weighted by Gasteiger charge is -2.23. The van der Waals surface area contributed by atoms with Crippen molar-refractivity contribution < 1.29 is 9.47 Å². The standard InChI is InChI=1S/C16H24ClNO2/c1-19-10-9-18-12-13-7-8-16(15(17)11-13)20-14-5-3-2-4-6-14/h7-8,11,14,18H,2-6,9-10,12H2,1H3. The van der Waals surface area contributed by atoms with Gasteiger partial charge < -0.3 is 14.8 Å². The van der Waals surface area contributed by atoms with E-state index in [0.717, 1.165) is 38.3 Å². The third-order valence-corrected chi connectivity index (χ3v) is 3.95. The number of halogens is 1. The molecule has 20 heavy (non-hydrogen) atoms. The molecule has 0 amide bonds. The summed E-state index contributed by atoms with van der Waals surface area (Å²) in [6.45, 7) is 2.36. The molecular weight excluding hydrogens is 274 g/mol. The molecule has 1 fully saturated rings. The van der Waals surface area contributed by atoms with Crippen molar-refractivity contribution in [3.63, 3.8) is 0 Å². The van der Waals surface area contributed by atoms with Crippen molar-refractivity contribution in [2.24, 2.45) is 0 Å². The summed E-state index contributed by atoms with van der Waals surface area (Å²) in [5.41, 5.74) is 1.17. The minimum absolute atomic E-state index is 0.340. The molecule has 1 saturated carbocycles. The fourth-order valence-electron chi connectivity index (χ4n) is 2.52. The molecule has 0 heterocycles. The third kappa shape index (κ3) is 4.97. The number of nitrogens with one attached hydrogen (secondary N) is 1. The van der Waals surface area contributed by atoms with Gasteiger partial charge in [-0.05, 0) is 43.4 Å². The van der Waals surface area contributed by atoms with E-state index in [1.165, 1.54) is 24.8 Å². The number of hydrogen-bond acceptors (Lipinski definition) is 3. The first-order valence-corrected chi connectivity index (χ1v) is 7.82. The SMILES string of the molecule is COCCNCc1ccc(OC2CCCCC2)c(Cl)c1. The Balaban J connectivity index is 1.85. The molecule has 4 heteroatoms. The van der Waals surface area contributed by atoms with Crippen LogP contribution in [0.2, 0.25) is 5.02 Å². The number of rotatable bonds is 7. The van der Waals surface area contributed by atoms with Gasteiger partial charge in [-0.15, -0.1) is 0 Å². The average Bonchev–Trinajstić information content (AvgIpc) is 2.47. The van der Waals surface area contributed by atoms with E-state index < -0.39 is 0 Å². The van der Waals surface area contributed by atoms with E-state index in [2.05, 4.69) is 11.4 Å². The van der Waals surface area contributed by atoms with Gasteiger partial charge in [0.05, 0.1) is 17.7 Å². The summed E-state index contributed by atoms with van der Waals surface area (Å²) >= 11 is 6.31. The van der Waals surface area contributed by atoms with Gasteiger partial charge in [0.15, 0.2) is 0 Å². The normalized spacial score (nSPS) is 16.3. The summed E-state index contributed by atoms with van der Waals surface area (Å²) in [5, 5.41) is 4.02. The molecule has 0 bridgehead atoms. The predicted octanol–water partition coefficient (Wildman–Crippen LogP) is 3.79. The smallest absolute Gasteiger partial charge is 0.138 e. The molecule has 1 aromatic rings. The Morgan fingerprint density at radius 2 is 2.05 bits per heavy atom. The Hall–Kier alpha value is -0.770. The van der Waals surface area contributed by atoms with Crippen molar-refractivity contribution >= 4 is 11.6 Å². The van der Waals surface area contributed by atoms with Crippen LogP contribution in [0, 0.1) is 0 Å². The molecular formula is C16H24ClNO2. The maximum Gasteiger partial charge on any atom is 0.138 e. The molecule has 1 aromatic carbocycles. The quantitative estimate of drug-likeness (QED) is 0.777. The minimum atomic E-state index is 0.340. The minimum Gasteiger partial charge on any atom is -0.489 e. The topological polar surface area (TPSA) is 30.5 Å². The summed E-state index contributed by atoms with van der Waals surface area (Å²) < 4.78 is 11.0. The van der Waals surface area contributed by atoms with E-state index in [4.69, 9.17) is 21.1 Å². The maximum atomic E-state index is 6.31. The van der Waals surface area contributed by atoms with Gasteiger partial charge in [-0.1, -0.05) is 24.1 Å². The molecule has 1 aliphatic carbocycles. The van der Waals surface area contributed by atoms with Gasteiger partial charge in [0.1, 0.15) is 5.75 Å². The second kappa shape index (κ2) is 8.50. The molecule has 0 aromatic heterocycles. The molecule has 112 valence electrons. The van der Waals surface area contributed by atoms with Crippen LogP contribution >= 0.6 is 11.6 Å². The Kier molecular flexibility index (Phi) is 6.64. The van der Waals surface area contributed by atoms with Crippen molar-refractivity contribution in [1.29, 1.82) is 0 Å². The van der Waals surface area contributed by atoms with Crippen LogP contribution in [0.25, 0.3) is 0 Å². The van der Waals surface area contributed by atoms with Gasteiger partial charge in [0.25, 0.3) is 0 Å². The molecule has 0 aliphatic heterocycles. The van der Waals surface area contributed by atoms with Crippen LogP contribution in [-0.2, 0) is 11.3 Å². The van der Waals surface area contributed by atoms with Gasteiger partial charge in [-0.25, -0.2) is 0 Å². The highest BCUT2D eigenvalue weighted by Crippen LogP contribution is 2.29. The van der Waals surface area contributed by atoms with Gasteiger partial charge in [0, 0.05) is 20.2 Å². The lowest BCUT2D eigenvalue weighted by Crippen LogP contribution is -2.20. The van der Waals surface area contributed by atoms with Gasteiger partial charge in [-0.3, -0.25) is 0 Å². The Labute approximate surface area is 126 Å². The van der Waals surface area contributed by atoms with Crippen LogP contribution in [0.5, 0.6) is 5.75 Å². The molecule has 0 unspecified atom stereocenters.